The molecule has 0 bridgehead atoms. The molecule has 14 heavy (non-hydrogen) atoms. The highest BCUT2D eigenvalue weighted by molar-refractivity contribution is 7.20. The van der Waals surface area contributed by atoms with E-state index in [1.807, 2.05) is 0 Å². The van der Waals surface area contributed by atoms with Crippen LogP contribution in [0.4, 0.5) is 4.39 Å². The lowest BCUT2D eigenvalue weighted by molar-refractivity contribution is 0.0692. The summed E-state index contributed by atoms with van der Waals surface area (Å²) in [5, 5.41) is 18.3. The quantitative estimate of drug-likeness (QED) is 0.763. The number of hydrogen-bond donors (Lipinski definition) is 2. The second-order valence-corrected chi connectivity index (χ2v) is 3.82. The monoisotopic (exact) mass is 212 g/mol. The predicted octanol–water partition coefficient (Wildman–Crippen LogP) is 2.44. The van der Waals surface area contributed by atoms with Gasteiger partial charge < -0.3 is 10.2 Å². The second kappa shape index (κ2) is 2.95. The first-order chi connectivity index (χ1) is 6.58. The van der Waals surface area contributed by atoms with Crippen LogP contribution in [0.3, 0.4) is 0 Å². The van der Waals surface area contributed by atoms with Crippen molar-refractivity contribution in [3.63, 3.8) is 0 Å². The SMILES string of the molecule is O=C(O)c1cc2sc(O)cc2cc1F. The summed E-state index contributed by atoms with van der Waals surface area (Å²) >= 11 is 1.02. The Balaban J connectivity index is 2.76. The number of halogens is 1. The standard InChI is InChI=1S/C9H5FO3S/c10-6-1-4-2-8(11)14-7(4)3-5(6)9(12)13/h1-3,11H,(H,12,13). The van der Waals surface area contributed by atoms with Crippen LogP contribution in [-0.2, 0) is 0 Å². The van der Waals surface area contributed by atoms with Gasteiger partial charge in [-0.2, -0.15) is 0 Å². The molecule has 0 aliphatic heterocycles. The van der Waals surface area contributed by atoms with Gasteiger partial charge >= 0.3 is 5.97 Å². The molecule has 1 heterocycles. The summed E-state index contributed by atoms with van der Waals surface area (Å²) in [7, 11) is 0. The Bertz CT molecular complexity index is 518. The summed E-state index contributed by atoms with van der Waals surface area (Å²) in [6, 6.07) is 3.72. The third-order valence-electron chi connectivity index (χ3n) is 1.82. The van der Waals surface area contributed by atoms with Crippen LogP contribution in [0.25, 0.3) is 10.1 Å². The lowest BCUT2D eigenvalue weighted by Gasteiger charge is -1.96. The highest BCUT2D eigenvalue weighted by Crippen LogP contribution is 2.32. The van der Waals surface area contributed by atoms with E-state index in [9.17, 15) is 9.18 Å². The van der Waals surface area contributed by atoms with Crippen molar-refractivity contribution in [2.45, 2.75) is 0 Å². The van der Waals surface area contributed by atoms with Gasteiger partial charge in [0.2, 0.25) is 0 Å². The third-order valence-corrected chi connectivity index (χ3v) is 2.72. The Morgan fingerprint density at radius 1 is 1.36 bits per heavy atom. The van der Waals surface area contributed by atoms with Crippen LogP contribution in [0.2, 0.25) is 0 Å². The number of rotatable bonds is 1. The molecule has 0 spiro atoms. The van der Waals surface area contributed by atoms with Crippen LogP contribution in [-0.4, -0.2) is 16.2 Å². The van der Waals surface area contributed by atoms with Crippen molar-refractivity contribution in [3.05, 3.63) is 29.6 Å². The van der Waals surface area contributed by atoms with E-state index in [1.165, 1.54) is 12.1 Å². The minimum atomic E-state index is -1.31. The van der Waals surface area contributed by atoms with Gasteiger partial charge in [-0.3, -0.25) is 0 Å². The molecule has 1 aromatic heterocycles. The van der Waals surface area contributed by atoms with Gasteiger partial charge in [-0.15, -0.1) is 0 Å². The molecule has 2 rings (SSSR count). The van der Waals surface area contributed by atoms with Crippen LogP contribution < -0.4 is 0 Å². The van der Waals surface area contributed by atoms with E-state index in [0.717, 1.165) is 17.4 Å². The van der Waals surface area contributed by atoms with E-state index < -0.39 is 11.8 Å². The minimum Gasteiger partial charge on any atom is -0.499 e. The molecule has 0 saturated carbocycles. The zero-order chi connectivity index (χ0) is 10.3. The van der Waals surface area contributed by atoms with Crippen LogP contribution in [0.1, 0.15) is 10.4 Å². The number of thiophene rings is 1. The van der Waals surface area contributed by atoms with Gasteiger partial charge in [-0.25, -0.2) is 9.18 Å². The summed E-state index contributed by atoms with van der Waals surface area (Å²) in [5.41, 5.74) is -0.376. The number of carboxylic acids is 1. The average Bonchev–Trinajstić information content (AvgIpc) is 2.42. The Morgan fingerprint density at radius 2 is 2.07 bits per heavy atom. The van der Waals surface area contributed by atoms with Gasteiger partial charge in [0, 0.05) is 4.70 Å². The fourth-order valence-corrected chi connectivity index (χ4v) is 2.03. The maximum absolute atomic E-state index is 13.1. The van der Waals surface area contributed by atoms with E-state index in [2.05, 4.69) is 0 Å². The van der Waals surface area contributed by atoms with Crippen molar-refractivity contribution in [2.24, 2.45) is 0 Å². The molecule has 0 amide bonds. The zero-order valence-electron chi connectivity index (χ0n) is 6.82. The second-order valence-electron chi connectivity index (χ2n) is 2.76. The predicted molar refractivity (Wildman–Crippen MR) is 50.4 cm³/mol. The molecular formula is C9H5FO3S. The molecule has 1 aromatic carbocycles. The molecule has 0 aliphatic carbocycles. The Labute approximate surface area is 82.0 Å². The lowest BCUT2D eigenvalue weighted by Crippen LogP contribution is -1.99. The van der Waals surface area contributed by atoms with Gasteiger partial charge in [0.1, 0.15) is 5.82 Å². The number of fused-ring (bicyclic) bond motifs is 1. The normalized spacial score (nSPS) is 10.6. The fourth-order valence-electron chi connectivity index (χ4n) is 1.21. The topological polar surface area (TPSA) is 57.5 Å². The van der Waals surface area contributed by atoms with E-state index in [-0.39, 0.29) is 10.6 Å². The van der Waals surface area contributed by atoms with Crippen LogP contribution in [0, 0.1) is 5.82 Å². The van der Waals surface area contributed by atoms with Gasteiger partial charge in [-0.05, 0) is 23.6 Å². The zero-order valence-corrected chi connectivity index (χ0v) is 7.64. The van der Waals surface area contributed by atoms with Crippen molar-refractivity contribution in [1.29, 1.82) is 0 Å². The number of hydrogen-bond acceptors (Lipinski definition) is 3. The van der Waals surface area contributed by atoms with Gasteiger partial charge in [0.05, 0.1) is 5.56 Å². The van der Waals surface area contributed by atoms with Crippen molar-refractivity contribution in [2.75, 3.05) is 0 Å². The maximum Gasteiger partial charge on any atom is 0.338 e. The van der Waals surface area contributed by atoms with Gasteiger partial charge in [0.25, 0.3) is 0 Å². The van der Waals surface area contributed by atoms with Crippen LogP contribution in [0.5, 0.6) is 5.06 Å². The van der Waals surface area contributed by atoms with E-state index in [1.54, 1.807) is 0 Å². The molecule has 0 unspecified atom stereocenters. The van der Waals surface area contributed by atoms with Crippen molar-refractivity contribution in [3.8, 4) is 5.06 Å². The van der Waals surface area contributed by atoms with Crippen molar-refractivity contribution < 1.29 is 19.4 Å². The molecule has 0 radical (unpaired) electrons. The number of benzene rings is 1. The minimum absolute atomic E-state index is 0.0435. The van der Waals surface area contributed by atoms with E-state index in [4.69, 9.17) is 10.2 Å². The average molecular weight is 212 g/mol. The molecule has 72 valence electrons. The number of carbonyl (C=O) groups is 1. The summed E-state index contributed by atoms with van der Waals surface area (Å²) < 4.78 is 13.7. The first-order valence-electron chi connectivity index (χ1n) is 3.73. The molecule has 0 saturated heterocycles. The van der Waals surface area contributed by atoms with Crippen LogP contribution >= 0.6 is 11.3 Å². The summed E-state index contributed by atoms with van der Waals surface area (Å²) in [6.07, 6.45) is 0. The molecule has 0 fully saturated rings. The first kappa shape index (κ1) is 8.96. The van der Waals surface area contributed by atoms with Gasteiger partial charge in [0.15, 0.2) is 5.06 Å². The molecule has 5 heteroatoms. The van der Waals surface area contributed by atoms with Crippen molar-refractivity contribution in [1.82, 2.24) is 0 Å². The summed E-state index contributed by atoms with van der Waals surface area (Å²) in [6.45, 7) is 0. The molecule has 2 aromatic rings. The Morgan fingerprint density at radius 3 is 2.71 bits per heavy atom. The molecule has 2 N–H and O–H groups in total. The van der Waals surface area contributed by atoms with Crippen molar-refractivity contribution >= 4 is 27.4 Å². The third kappa shape index (κ3) is 1.31. The number of carboxylic acid groups (broad SMARTS) is 1. The molecule has 3 nitrogen and oxygen atoms in total. The highest BCUT2D eigenvalue weighted by Gasteiger charge is 2.12. The van der Waals surface area contributed by atoms with E-state index >= 15 is 0 Å². The smallest absolute Gasteiger partial charge is 0.338 e. The molecular weight excluding hydrogens is 207 g/mol. The fraction of sp³-hybridized carbons (Fsp3) is 0. The first-order valence-corrected chi connectivity index (χ1v) is 4.55. The number of aromatic hydroxyl groups is 1. The summed E-state index contributed by atoms with van der Waals surface area (Å²) in [4.78, 5) is 10.6. The van der Waals surface area contributed by atoms with Crippen LogP contribution in [0.15, 0.2) is 18.2 Å². The number of aromatic carboxylic acids is 1. The van der Waals surface area contributed by atoms with E-state index in [0.29, 0.717) is 10.1 Å². The summed E-state index contributed by atoms with van der Waals surface area (Å²) in [5.74, 6) is -2.10. The molecule has 0 atom stereocenters. The largest absolute Gasteiger partial charge is 0.499 e. The highest BCUT2D eigenvalue weighted by atomic mass is 32.1. The molecule has 0 aliphatic rings. The van der Waals surface area contributed by atoms with Gasteiger partial charge in [-0.1, -0.05) is 11.3 Å². The lowest BCUT2D eigenvalue weighted by atomic mass is 10.1. The maximum atomic E-state index is 13.1. The Kier molecular flexibility index (Phi) is 1.89. The Hall–Kier alpha value is -1.62.